The molecule has 1 aromatic heterocycles. The Labute approximate surface area is 214 Å². The molecule has 0 bridgehead atoms. The van der Waals surface area contributed by atoms with E-state index >= 15 is 0 Å². The fraction of sp³-hybridized carbons (Fsp3) is 0.286. The maximum Gasteiger partial charge on any atom is 0.297 e. The van der Waals surface area contributed by atoms with E-state index in [0.29, 0.717) is 18.9 Å². The highest BCUT2D eigenvalue weighted by atomic mass is 16.6. The summed E-state index contributed by atoms with van der Waals surface area (Å²) >= 11 is 0. The van der Waals surface area contributed by atoms with Gasteiger partial charge in [-0.2, -0.15) is 0 Å². The normalized spacial score (nSPS) is 17.4. The van der Waals surface area contributed by atoms with Crippen molar-refractivity contribution in [2.45, 2.75) is 19.8 Å². The number of nitrogens with zero attached hydrogens (tertiary/aromatic N) is 5. The van der Waals surface area contributed by atoms with E-state index in [-0.39, 0.29) is 16.2 Å². The number of benzene rings is 2. The van der Waals surface area contributed by atoms with E-state index in [1.54, 1.807) is 16.8 Å². The van der Waals surface area contributed by atoms with Crippen molar-refractivity contribution in [1.82, 2.24) is 14.3 Å². The Morgan fingerprint density at radius 2 is 1.81 bits per heavy atom. The molecule has 0 unspecified atom stereocenters. The van der Waals surface area contributed by atoms with Gasteiger partial charge in [0.25, 0.3) is 11.2 Å². The molecule has 1 aliphatic heterocycles. The van der Waals surface area contributed by atoms with Crippen molar-refractivity contribution in [2.75, 3.05) is 26.3 Å². The summed E-state index contributed by atoms with van der Waals surface area (Å²) < 4.78 is 9.02. The molecule has 2 aromatic carbocycles. The van der Waals surface area contributed by atoms with Gasteiger partial charge in [0.1, 0.15) is 0 Å². The number of nitro benzene ring substituents is 1. The molecule has 1 aliphatic carbocycles. The number of morpholine rings is 1. The van der Waals surface area contributed by atoms with Crippen molar-refractivity contribution in [3.63, 3.8) is 0 Å². The molecule has 1 saturated heterocycles. The summed E-state index contributed by atoms with van der Waals surface area (Å²) in [5, 5.41) is 11.3. The Hall–Kier alpha value is -4.24. The van der Waals surface area contributed by atoms with E-state index in [4.69, 9.17) is 9.73 Å². The summed E-state index contributed by atoms with van der Waals surface area (Å²) in [6.07, 6.45) is 5.40. The van der Waals surface area contributed by atoms with Crippen LogP contribution in [0.1, 0.15) is 24.1 Å². The van der Waals surface area contributed by atoms with E-state index in [1.165, 1.54) is 6.07 Å². The van der Waals surface area contributed by atoms with Crippen molar-refractivity contribution in [1.29, 1.82) is 0 Å². The molecule has 3 aromatic rings. The molecule has 0 amide bonds. The van der Waals surface area contributed by atoms with Crippen LogP contribution in [0.25, 0.3) is 11.8 Å². The van der Waals surface area contributed by atoms with E-state index in [1.807, 2.05) is 67.3 Å². The van der Waals surface area contributed by atoms with Crippen LogP contribution in [0.5, 0.6) is 0 Å². The summed E-state index contributed by atoms with van der Waals surface area (Å²) in [6, 6.07) is 16.2. The van der Waals surface area contributed by atoms with Crippen molar-refractivity contribution in [3.8, 4) is 5.69 Å². The predicted molar refractivity (Wildman–Crippen MR) is 144 cm³/mol. The van der Waals surface area contributed by atoms with Gasteiger partial charge in [-0.15, -0.1) is 0 Å². The van der Waals surface area contributed by atoms with Crippen LogP contribution in [0.2, 0.25) is 0 Å². The average molecular weight is 500 g/mol. The summed E-state index contributed by atoms with van der Waals surface area (Å²) in [5.74, 6) is 0. The van der Waals surface area contributed by atoms with Crippen LogP contribution in [0.3, 0.4) is 0 Å². The highest BCUT2D eigenvalue weighted by Crippen LogP contribution is 2.35. The van der Waals surface area contributed by atoms with Gasteiger partial charge in [0.05, 0.1) is 29.5 Å². The summed E-state index contributed by atoms with van der Waals surface area (Å²) in [6.45, 7) is 4.68. The van der Waals surface area contributed by atoms with Crippen LogP contribution in [0, 0.1) is 17.0 Å². The molecule has 9 heteroatoms. The number of aromatic nitrogens is 2. The quantitative estimate of drug-likeness (QED) is 0.282. The second kappa shape index (κ2) is 10.4. The zero-order chi connectivity index (χ0) is 25.9. The summed E-state index contributed by atoms with van der Waals surface area (Å²) in [5.41, 5.74) is 5.91. The number of aliphatic imine (C=N–C) groups is 1. The molecule has 0 N–H and O–H groups in total. The van der Waals surface area contributed by atoms with E-state index < -0.39 is 0 Å². The minimum Gasteiger partial charge on any atom is -0.378 e. The zero-order valence-corrected chi connectivity index (χ0v) is 21.0. The van der Waals surface area contributed by atoms with E-state index in [0.717, 1.165) is 59.7 Å². The first-order chi connectivity index (χ1) is 17.9. The first kappa shape index (κ1) is 24.5. The topological polar surface area (TPSA) is 94.9 Å². The van der Waals surface area contributed by atoms with Gasteiger partial charge in [-0.1, -0.05) is 30.3 Å². The first-order valence-corrected chi connectivity index (χ1v) is 12.3. The fourth-order valence-corrected chi connectivity index (χ4v) is 4.95. The second-order valence-electron chi connectivity index (χ2n) is 9.16. The summed E-state index contributed by atoms with van der Waals surface area (Å²) in [4.78, 5) is 31.2. The molecule has 0 radical (unpaired) electrons. The number of hydrogen-bond donors (Lipinski definition) is 0. The lowest BCUT2D eigenvalue weighted by atomic mass is 10.1. The van der Waals surface area contributed by atoms with Crippen molar-refractivity contribution in [2.24, 2.45) is 12.0 Å². The lowest BCUT2D eigenvalue weighted by Gasteiger charge is -2.31. The van der Waals surface area contributed by atoms with Crippen LogP contribution in [0.4, 0.5) is 11.4 Å². The number of rotatable bonds is 6. The van der Waals surface area contributed by atoms with Gasteiger partial charge in [0.2, 0.25) is 0 Å². The third kappa shape index (κ3) is 4.90. The molecule has 2 aliphatic rings. The Balaban J connectivity index is 1.54. The Morgan fingerprint density at radius 3 is 2.54 bits per heavy atom. The van der Waals surface area contributed by atoms with Gasteiger partial charge in [-0.05, 0) is 54.7 Å². The molecule has 37 heavy (non-hydrogen) atoms. The molecule has 9 nitrogen and oxygen atoms in total. The van der Waals surface area contributed by atoms with Crippen LogP contribution in [0.15, 0.2) is 81.2 Å². The maximum atomic E-state index is 13.3. The van der Waals surface area contributed by atoms with Gasteiger partial charge in [0, 0.05) is 44.2 Å². The number of nitro groups is 1. The second-order valence-corrected chi connectivity index (χ2v) is 9.16. The number of non-ortho nitro benzene ring substituents is 1. The van der Waals surface area contributed by atoms with Gasteiger partial charge in [-0.25, -0.2) is 9.67 Å². The van der Waals surface area contributed by atoms with Gasteiger partial charge >= 0.3 is 0 Å². The minimum absolute atomic E-state index is 0.0697. The highest BCUT2D eigenvalue weighted by Gasteiger charge is 2.26. The molecule has 190 valence electrons. The molecule has 5 rings (SSSR count). The average Bonchev–Trinajstić information content (AvgIpc) is 3.41. The molecule has 1 fully saturated rings. The Bertz CT molecular complexity index is 1470. The largest absolute Gasteiger partial charge is 0.378 e. The van der Waals surface area contributed by atoms with Gasteiger partial charge in [0.15, 0.2) is 5.69 Å². The number of para-hydroxylation sites is 1. The molecule has 0 saturated carbocycles. The number of allylic oxidation sites excluding steroid dienone is 2. The predicted octanol–water partition coefficient (Wildman–Crippen LogP) is 4.56. The lowest BCUT2D eigenvalue weighted by molar-refractivity contribution is -0.384. The number of ether oxygens (including phenoxy) is 1. The molecular weight excluding hydrogens is 470 g/mol. The lowest BCUT2D eigenvalue weighted by Crippen LogP contribution is -2.36. The van der Waals surface area contributed by atoms with Crippen molar-refractivity contribution >= 4 is 23.7 Å². The Kier molecular flexibility index (Phi) is 6.87. The Morgan fingerprint density at radius 1 is 1.05 bits per heavy atom. The van der Waals surface area contributed by atoms with Crippen LogP contribution in [-0.2, 0) is 11.8 Å². The van der Waals surface area contributed by atoms with Crippen molar-refractivity contribution < 1.29 is 9.66 Å². The third-order valence-corrected chi connectivity index (χ3v) is 6.89. The van der Waals surface area contributed by atoms with Gasteiger partial charge < -0.3 is 9.64 Å². The van der Waals surface area contributed by atoms with E-state index in [2.05, 4.69) is 4.90 Å². The molecule has 0 spiro atoms. The monoisotopic (exact) mass is 499 g/mol. The zero-order valence-electron chi connectivity index (χ0n) is 21.0. The van der Waals surface area contributed by atoms with Crippen LogP contribution < -0.4 is 5.56 Å². The smallest absolute Gasteiger partial charge is 0.297 e. The fourth-order valence-electron chi connectivity index (χ4n) is 4.95. The first-order valence-electron chi connectivity index (χ1n) is 12.3. The molecular formula is C28H29N5O4. The SMILES string of the molecule is Cc1c(N=CC2=C(N3CCOCC3)C(=Cc3cccc([N+](=O)[O-])c3)CC2)c(=O)n(-c2ccccc2)n1C. The number of hydrogen-bond acceptors (Lipinski definition) is 6. The highest BCUT2D eigenvalue weighted by molar-refractivity contribution is 5.86. The third-order valence-electron chi connectivity index (χ3n) is 6.89. The molecule has 2 heterocycles. The minimum atomic E-state index is -0.377. The maximum absolute atomic E-state index is 13.3. The standard InChI is InChI=1S/C28H29N5O4/c1-20-26(28(34)32(30(20)2)24-8-4-3-5-9-24)29-19-23-12-11-22(27(23)31-13-15-37-16-14-31)17-21-7-6-10-25(18-21)33(35)36/h3-10,17-19H,11-16H2,1-2H3. The van der Waals surface area contributed by atoms with E-state index in [9.17, 15) is 14.9 Å². The molecule has 0 atom stereocenters. The van der Waals surface area contributed by atoms with Crippen molar-refractivity contribution in [3.05, 3.63) is 103 Å². The van der Waals surface area contributed by atoms with Crippen LogP contribution in [-0.4, -0.2) is 51.7 Å². The van der Waals surface area contributed by atoms with Gasteiger partial charge in [-0.3, -0.25) is 19.6 Å². The summed E-state index contributed by atoms with van der Waals surface area (Å²) in [7, 11) is 1.86. The van der Waals surface area contributed by atoms with Crippen LogP contribution >= 0.6 is 0 Å².